The maximum Gasteiger partial charge on any atom is 0 e. The van der Waals surface area contributed by atoms with Gasteiger partial charge in [-0.2, -0.15) is 0 Å². The Kier molecular flexibility index (Phi) is 21.1. The zero-order valence-corrected chi connectivity index (χ0v) is 16.4. The molecule has 11 heteroatoms. The van der Waals surface area contributed by atoms with E-state index < -0.39 is 28.8 Å². The molecule has 1 aromatic rings. The molecule has 0 saturated heterocycles. The van der Waals surface area contributed by atoms with Crippen molar-refractivity contribution in [2.75, 3.05) is 21.3 Å². The first-order chi connectivity index (χ1) is 9.23. The fraction of sp³-hybridized carbons (Fsp3) is 0.500. The zero-order valence-electron chi connectivity index (χ0n) is 11.5. The second-order valence-electron chi connectivity index (χ2n) is 2.73. The first-order valence-corrected chi connectivity index (χ1v) is 8.55. The molecule has 0 bridgehead atoms. The largest absolute Gasteiger partial charge is 0 e. The van der Waals surface area contributed by atoms with Crippen LogP contribution in [0.1, 0.15) is 0 Å². The van der Waals surface area contributed by atoms with E-state index in [1.54, 1.807) is 0 Å². The third kappa shape index (κ3) is 12.5. The van der Waals surface area contributed by atoms with E-state index in [-0.39, 0.29) is 26.2 Å². The molecule has 0 spiro atoms. The van der Waals surface area contributed by atoms with Gasteiger partial charge in [0.05, 0.1) is 0 Å². The summed E-state index contributed by atoms with van der Waals surface area (Å²) < 4.78 is 72.3. The zero-order chi connectivity index (χ0) is 17.0. The molecule has 0 atom stereocenters. The van der Waals surface area contributed by atoms with Crippen molar-refractivity contribution >= 4 is 18.7 Å². The first kappa shape index (κ1) is 29.3. The van der Waals surface area contributed by atoms with Gasteiger partial charge < -0.3 is 15.3 Å². The smallest absolute Gasteiger partial charge is 0 e. The monoisotopic (exact) mass is 463 g/mol. The van der Waals surface area contributed by atoms with E-state index in [4.69, 9.17) is 15.3 Å². The van der Waals surface area contributed by atoms with E-state index in [2.05, 4.69) is 0 Å². The van der Waals surface area contributed by atoms with Gasteiger partial charge in [0.2, 0.25) is 0 Å². The predicted molar refractivity (Wildman–Crippen MR) is 65.4 cm³/mol. The quantitative estimate of drug-likeness (QED) is 0.329. The summed E-state index contributed by atoms with van der Waals surface area (Å²) in [4.78, 5) is 0. The van der Waals surface area contributed by atoms with Crippen LogP contribution in [-0.2, 0) is 26.2 Å². The summed E-state index contributed by atoms with van der Waals surface area (Å²) in [7, 11) is 3.00. The van der Waals surface area contributed by atoms with Crippen LogP contribution in [0.15, 0.2) is 24.3 Å². The van der Waals surface area contributed by atoms with Gasteiger partial charge in [0.1, 0.15) is 0 Å². The van der Waals surface area contributed by atoms with Gasteiger partial charge in [-0.15, -0.1) is 0 Å². The molecule has 126 valence electrons. The van der Waals surface area contributed by atoms with E-state index in [0.29, 0.717) is 0 Å². The Morgan fingerprint density at radius 1 is 0.714 bits per heavy atom. The van der Waals surface area contributed by atoms with Gasteiger partial charge in [0, 0.05) is 47.5 Å². The number of hydrogen-bond acceptors (Lipinski definition) is 3. The summed E-state index contributed by atoms with van der Waals surface area (Å²) in [5.74, 6) is 0. The summed E-state index contributed by atoms with van der Waals surface area (Å²) in [6.45, 7) is 0. The standard InChI is InChI=1S/C7H5F6Ge.3CH4O.Zr/c8-6(9,10)14(7(11,12)13)5-3-1-2-4-5;3*1-2;/h1-4,14H;3*2H,1H3;/q-1;;;;. The summed E-state index contributed by atoms with van der Waals surface area (Å²) in [6, 6.07) is 4.16. The average molecular weight is 463 g/mol. The molecule has 0 unspecified atom stereocenters. The molecular weight excluding hydrogens is 446 g/mol. The maximum atomic E-state index is 12.1. The number of hydrogen-bond donors (Lipinski definition) is 3. The molecule has 0 amide bonds. The molecule has 1 aromatic carbocycles. The van der Waals surface area contributed by atoms with Crippen LogP contribution in [0, 0.1) is 0 Å². The topological polar surface area (TPSA) is 60.7 Å². The van der Waals surface area contributed by atoms with E-state index in [1.165, 1.54) is 12.1 Å². The second kappa shape index (κ2) is 15.1. The van der Waals surface area contributed by atoms with Crippen LogP contribution in [-0.4, -0.2) is 61.0 Å². The molecule has 0 aliphatic carbocycles. The van der Waals surface area contributed by atoms with Crippen LogP contribution in [0.3, 0.4) is 0 Å². The molecule has 0 fully saturated rings. The van der Waals surface area contributed by atoms with Gasteiger partial charge in [-0.25, -0.2) is 0 Å². The summed E-state index contributed by atoms with van der Waals surface area (Å²) in [6.07, 6.45) is 0. The molecule has 0 radical (unpaired) electrons. The molecule has 3 nitrogen and oxygen atoms in total. The van der Waals surface area contributed by atoms with Crippen LogP contribution in [0.5, 0.6) is 0 Å². The molecule has 3 N–H and O–H groups in total. The van der Waals surface area contributed by atoms with Gasteiger partial charge in [-0.1, -0.05) is 0 Å². The van der Waals surface area contributed by atoms with Crippen molar-refractivity contribution in [3.05, 3.63) is 24.3 Å². The van der Waals surface area contributed by atoms with E-state index >= 15 is 0 Å². The molecule has 1 rings (SSSR count). The number of halogens is 6. The van der Waals surface area contributed by atoms with Crippen LogP contribution >= 0.6 is 0 Å². The van der Waals surface area contributed by atoms with Crippen molar-refractivity contribution in [2.24, 2.45) is 0 Å². The van der Waals surface area contributed by atoms with Crippen molar-refractivity contribution in [2.45, 2.75) is 10.0 Å². The average Bonchev–Trinajstić information content (AvgIpc) is 2.86. The Labute approximate surface area is 142 Å². The first-order valence-electron chi connectivity index (χ1n) is 4.92. The number of alkyl halides is 6. The summed E-state index contributed by atoms with van der Waals surface area (Å²) in [5.41, 5.74) is 0. The molecule has 0 aliphatic rings. The Hall–Kier alpha value is 0.236. The minimum atomic E-state index is -5.46. The number of aliphatic hydroxyl groups is 3. The van der Waals surface area contributed by atoms with Crippen LogP contribution in [0.4, 0.5) is 26.3 Å². The third-order valence-corrected chi connectivity index (χ3v) is 6.63. The molecular formula is C10H17F6GeO3Zr-. The van der Waals surface area contributed by atoms with Gasteiger partial charge in [-0.3, -0.25) is 0 Å². The Morgan fingerprint density at radius 2 is 0.952 bits per heavy atom. The minimum Gasteiger partial charge on any atom is 0 e. The van der Waals surface area contributed by atoms with Crippen molar-refractivity contribution in [1.82, 2.24) is 0 Å². The third-order valence-electron chi connectivity index (χ3n) is 1.68. The van der Waals surface area contributed by atoms with Crippen LogP contribution < -0.4 is 4.40 Å². The van der Waals surface area contributed by atoms with E-state index in [9.17, 15) is 26.3 Å². The van der Waals surface area contributed by atoms with E-state index in [1.807, 2.05) is 0 Å². The SMILES string of the molecule is CO.CO.CO.F[C](F)(F)[GeH]([c-]1cccc1)[C](F)(F)F.[Zr]. The van der Waals surface area contributed by atoms with Crippen molar-refractivity contribution in [3.63, 3.8) is 0 Å². The van der Waals surface area contributed by atoms with Gasteiger partial charge in [0.25, 0.3) is 0 Å². The molecule has 0 heterocycles. The Bertz CT molecular complexity index is 289. The number of rotatable bonds is 1. The minimum absolute atomic E-state index is 0. The maximum absolute atomic E-state index is 12.1. The van der Waals surface area contributed by atoms with Crippen LogP contribution in [0.2, 0.25) is 0 Å². The van der Waals surface area contributed by atoms with Gasteiger partial charge in [0.15, 0.2) is 0 Å². The second-order valence-corrected chi connectivity index (χ2v) is 8.70. The fourth-order valence-electron chi connectivity index (χ4n) is 1.14. The van der Waals surface area contributed by atoms with E-state index in [0.717, 1.165) is 33.5 Å². The van der Waals surface area contributed by atoms with Gasteiger partial charge >= 0.3 is 79.4 Å². The molecule has 0 saturated carbocycles. The number of aliphatic hydroxyl groups excluding tert-OH is 3. The summed E-state index contributed by atoms with van der Waals surface area (Å²) in [5, 5.41) is 10.8. The Balaban J connectivity index is -0.000000183. The molecule has 0 aromatic heterocycles. The van der Waals surface area contributed by atoms with Crippen molar-refractivity contribution in [1.29, 1.82) is 0 Å². The predicted octanol–water partition coefficient (Wildman–Crippen LogP) is 0.866. The van der Waals surface area contributed by atoms with Gasteiger partial charge in [-0.05, 0) is 0 Å². The summed E-state index contributed by atoms with van der Waals surface area (Å²) >= 11 is -5.46. The fourth-order valence-corrected chi connectivity index (χ4v) is 4.78. The Morgan fingerprint density at radius 3 is 1.14 bits per heavy atom. The molecule has 21 heavy (non-hydrogen) atoms. The van der Waals surface area contributed by atoms with Crippen molar-refractivity contribution in [3.8, 4) is 0 Å². The van der Waals surface area contributed by atoms with Crippen LogP contribution in [0.25, 0.3) is 0 Å². The van der Waals surface area contributed by atoms with Crippen molar-refractivity contribution < 1.29 is 67.9 Å². The molecule has 0 aliphatic heterocycles. The normalized spacial score (nSPS) is 9.95.